The maximum absolute atomic E-state index is 13.0. The zero-order chi connectivity index (χ0) is 14.6. The van der Waals surface area contributed by atoms with Gasteiger partial charge in [0, 0.05) is 11.0 Å². The molecule has 1 atom stereocenters. The van der Waals surface area contributed by atoms with Crippen LogP contribution in [0.1, 0.15) is 43.5 Å². The van der Waals surface area contributed by atoms with E-state index in [0.29, 0.717) is 0 Å². The van der Waals surface area contributed by atoms with Crippen LogP contribution < -0.4 is 0 Å². The first-order chi connectivity index (χ1) is 9.56. The lowest BCUT2D eigenvalue weighted by atomic mass is 9.78. The lowest BCUT2D eigenvalue weighted by Crippen LogP contribution is -2.51. The quantitative estimate of drug-likeness (QED) is 0.597. The minimum atomic E-state index is -0.218. The van der Waals surface area contributed by atoms with Crippen molar-refractivity contribution in [1.29, 1.82) is 0 Å². The molecule has 0 amide bonds. The van der Waals surface area contributed by atoms with Gasteiger partial charge in [-0.3, -0.25) is 9.69 Å². The molecule has 0 bridgehead atoms. The molecule has 20 heavy (non-hydrogen) atoms. The highest BCUT2D eigenvalue weighted by Gasteiger charge is 2.38. The van der Waals surface area contributed by atoms with Crippen LogP contribution in [-0.2, 0) is 0 Å². The molecule has 0 aromatic heterocycles. The molecule has 1 fully saturated rings. The van der Waals surface area contributed by atoms with E-state index in [9.17, 15) is 4.79 Å². The van der Waals surface area contributed by atoms with Gasteiger partial charge in [0.25, 0.3) is 0 Å². The highest BCUT2D eigenvalue weighted by molar-refractivity contribution is 6.00. The number of piperidine rings is 1. The van der Waals surface area contributed by atoms with Crippen molar-refractivity contribution in [2.24, 2.45) is 5.41 Å². The molecule has 2 rings (SSSR count). The van der Waals surface area contributed by atoms with Gasteiger partial charge in [-0.25, -0.2) is 0 Å². The largest absolute Gasteiger partial charge is 0.293 e. The summed E-state index contributed by atoms with van der Waals surface area (Å²) < 4.78 is 0. The molecule has 1 aliphatic heterocycles. The van der Waals surface area contributed by atoms with E-state index in [1.165, 1.54) is 19.3 Å². The number of hydrogen-bond acceptors (Lipinski definition) is 2. The lowest BCUT2D eigenvalue weighted by molar-refractivity contribution is 0.0599. The van der Waals surface area contributed by atoms with E-state index in [1.54, 1.807) is 0 Å². The third-order valence-corrected chi connectivity index (χ3v) is 4.29. The fourth-order valence-corrected chi connectivity index (χ4v) is 3.02. The second kappa shape index (κ2) is 6.36. The maximum atomic E-state index is 13.0. The number of Topliss-reactive ketones (excluding diaryl/α,β-unsaturated/α-hetero) is 1. The summed E-state index contributed by atoms with van der Waals surface area (Å²) >= 11 is 0. The number of carbonyl (C=O) groups excluding carboxylic acids is 1. The number of rotatable bonds is 5. The van der Waals surface area contributed by atoms with E-state index < -0.39 is 0 Å². The van der Waals surface area contributed by atoms with Crippen LogP contribution in [0.15, 0.2) is 43.0 Å². The Hall–Kier alpha value is -1.41. The Labute approximate surface area is 122 Å². The van der Waals surface area contributed by atoms with Crippen LogP contribution in [-0.4, -0.2) is 29.8 Å². The van der Waals surface area contributed by atoms with Gasteiger partial charge in [0.1, 0.15) is 0 Å². The highest BCUT2D eigenvalue weighted by Crippen LogP contribution is 2.31. The smallest absolute Gasteiger partial charge is 0.180 e. The maximum Gasteiger partial charge on any atom is 0.180 e. The Morgan fingerprint density at radius 3 is 2.35 bits per heavy atom. The molecule has 1 aromatic rings. The molecule has 1 aromatic carbocycles. The predicted octanol–water partition coefficient (Wildman–Crippen LogP) is 3.94. The van der Waals surface area contributed by atoms with Crippen LogP contribution >= 0.6 is 0 Å². The normalized spacial score (nSPS) is 18.5. The summed E-state index contributed by atoms with van der Waals surface area (Å²) in [5, 5.41) is 0. The van der Waals surface area contributed by atoms with Crippen molar-refractivity contribution in [3.63, 3.8) is 0 Å². The second-order valence-electron chi connectivity index (χ2n) is 6.25. The molecule has 0 radical (unpaired) electrons. The topological polar surface area (TPSA) is 20.3 Å². The third-order valence-electron chi connectivity index (χ3n) is 4.29. The molecule has 0 saturated carbocycles. The van der Waals surface area contributed by atoms with Crippen molar-refractivity contribution in [1.82, 2.24) is 4.90 Å². The molecule has 2 nitrogen and oxygen atoms in total. The van der Waals surface area contributed by atoms with E-state index in [-0.39, 0.29) is 17.2 Å². The zero-order valence-corrected chi connectivity index (χ0v) is 12.6. The molecular formula is C18H25NO. The Morgan fingerprint density at radius 1 is 1.20 bits per heavy atom. The summed E-state index contributed by atoms with van der Waals surface area (Å²) in [6, 6.07) is 9.54. The molecule has 0 spiro atoms. The molecule has 1 aliphatic rings. The number of benzene rings is 1. The van der Waals surface area contributed by atoms with Crippen molar-refractivity contribution < 1.29 is 4.79 Å². The Kier molecular flexibility index (Phi) is 4.77. The van der Waals surface area contributed by atoms with E-state index in [2.05, 4.69) is 25.3 Å². The van der Waals surface area contributed by atoms with Crippen LogP contribution in [0.25, 0.3) is 0 Å². The monoisotopic (exact) mass is 271 g/mol. The van der Waals surface area contributed by atoms with Gasteiger partial charge in [0.2, 0.25) is 0 Å². The van der Waals surface area contributed by atoms with E-state index in [0.717, 1.165) is 18.7 Å². The summed E-state index contributed by atoms with van der Waals surface area (Å²) in [7, 11) is 0. The molecule has 0 N–H and O–H groups in total. The van der Waals surface area contributed by atoms with Crippen molar-refractivity contribution >= 4 is 5.78 Å². The molecule has 2 heteroatoms. The molecular weight excluding hydrogens is 246 g/mol. The van der Waals surface area contributed by atoms with Gasteiger partial charge in [0.05, 0.1) is 6.04 Å². The predicted molar refractivity (Wildman–Crippen MR) is 84.0 cm³/mol. The SMILES string of the molecule is C=CC(C)(C)C(C(=O)c1ccccc1)N1CCCCC1. The minimum absolute atomic E-state index is 0.109. The van der Waals surface area contributed by atoms with Crippen molar-refractivity contribution in [2.75, 3.05) is 13.1 Å². The summed E-state index contributed by atoms with van der Waals surface area (Å²) in [5.41, 5.74) is 0.586. The Morgan fingerprint density at radius 2 is 1.80 bits per heavy atom. The Balaban J connectivity index is 2.31. The molecule has 108 valence electrons. The number of hydrogen-bond donors (Lipinski definition) is 0. The average Bonchev–Trinajstić information content (AvgIpc) is 2.49. The fraction of sp³-hybridized carbons (Fsp3) is 0.500. The summed E-state index contributed by atoms with van der Waals surface area (Å²) in [6.07, 6.45) is 5.57. The van der Waals surface area contributed by atoms with Crippen LogP contribution in [0.2, 0.25) is 0 Å². The van der Waals surface area contributed by atoms with Gasteiger partial charge in [-0.05, 0) is 25.9 Å². The van der Waals surface area contributed by atoms with Crippen molar-refractivity contribution in [3.8, 4) is 0 Å². The van der Waals surface area contributed by atoms with Crippen molar-refractivity contribution in [3.05, 3.63) is 48.6 Å². The molecule has 0 aliphatic carbocycles. The van der Waals surface area contributed by atoms with Gasteiger partial charge in [0.15, 0.2) is 5.78 Å². The second-order valence-corrected chi connectivity index (χ2v) is 6.25. The van der Waals surface area contributed by atoms with E-state index >= 15 is 0 Å². The summed E-state index contributed by atoms with van der Waals surface area (Å²) in [6.45, 7) is 10.2. The molecule has 1 saturated heterocycles. The number of likely N-dealkylation sites (tertiary alicyclic amines) is 1. The first kappa shape index (κ1) is 15.0. The van der Waals surface area contributed by atoms with Crippen LogP contribution in [0.4, 0.5) is 0 Å². The first-order valence-electron chi connectivity index (χ1n) is 7.53. The number of nitrogens with zero attached hydrogens (tertiary/aromatic N) is 1. The van der Waals surface area contributed by atoms with Gasteiger partial charge >= 0.3 is 0 Å². The third kappa shape index (κ3) is 3.18. The standard InChI is InChI=1S/C18H25NO/c1-4-18(2,3)17(19-13-9-6-10-14-19)16(20)15-11-7-5-8-12-15/h4-5,7-8,11-12,17H,1,6,9-10,13-14H2,2-3H3. The molecule has 1 unspecified atom stereocenters. The van der Waals surface area contributed by atoms with Crippen molar-refractivity contribution in [2.45, 2.75) is 39.2 Å². The van der Waals surface area contributed by atoms with Gasteiger partial charge in [-0.1, -0.05) is 56.7 Å². The van der Waals surface area contributed by atoms with Gasteiger partial charge in [-0.15, -0.1) is 6.58 Å². The van der Waals surface area contributed by atoms with Crippen LogP contribution in [0.3, 0.4) is 0 Å². The number of carbonyl (C=O) groups is 1. The molecule has 1 heterocycles. The van der Waals surface area contributed by atoms with E-state index in [4.69, 9.17) is 0 Å². The average molecular weight is 271 g/mol. The lowest BCUT2D eigenvalue weighted by Gasteiger charge is -2.41. The summed E-state index contributed by atoms with van der Waals surface area (Å²) in [5.74, 6) is 0.220. The first-order valence-corrected chi connectivity index (χ1v) is 7.53. The van der Waals surface area contributed by atoms with Gasteiger partial charge < -0.3 is 0 Å². The van der Waals surface area contributed by atoms with Crippen LogP contribution in [0, 0.1) is 5.41 Å². The highest BCUT2D eigenvalue weighted by atomic mass is 16.1. The minimum Gasteiger partial charge on any atom is -0.293 e. The number of ketones is 1. The fourth-order valence-electron chi connectivity index (χ4n) is 3.02. The Bertz CT molecular complexity index is 458. The van der Waals surface area contributed by atoms with E-state index in [1.807, 2.05) is 36.4 Å². The summed E-state index contributed by atoms with van der Waals surface area (Å²) in [4.78, 5) is 15.3. The zero-order valence-electron chi connectivity index (χ0n) is 12.6. The van der Waals surface area contributed by atoms with Crippen LogP contribution in [0.5, 0.6) is 0 Å². The van der Waals surface area contributed by atoms with Gasteiger partial charge in [-0.2, -0.15) is 0 Å².